The van der Waals surface area contributed by atoms with E-state index in [1.807, 2.05) is 0 Å². The van der Waals surface area contributed by atoms with Gasteiger partial charge in [-0.2, -0.15) is 0 Å². The molecular weight excluding hydrogens is 579 g/mol. The summed E-state index contributed by atoms with van der Waals surface area (Å²) in [6, 6.07) is 64.5. The Bertz CT molecular complexity index is 2490. The fourth-order valence-corrected chi connectivity index (χ4v) is 7.65. The van der Waals surface area contributed by atoms with Gasteiger partial charge in [0.15, 0.2) is 0 Å². The van der Waals surface area contributed by atoms with Crippen LogP contribution < -0.4 is 4.90 Å². The Hall–Kier alpha value is -5.92. The third-order valence-electron chi connectivity index (χ3n) is 10.2. The van der Waals surface area contributed by atoms with Crippen molar-refractivity contribution in [3.63, 3.8) is 0 Å². The fourth-order valence-electron chi connectivity index (χ4n) is 7.65. The van der Waals surface area contributed by atoms with Crippen molar-refractivity contribution in [3.8, 4) is 33.4 Å². The summed E-state index contributed by atoms with van der Waals surface area (Å²) in [4.78, 5) is 2.42. The van der Waals surface area contributed by atoms with E-state index in [4.69, 9.17) is 0 Å². The molecule has 9 rings (SSSR count). The van der Waals surface area contributed by atoms with Crippen LogP contribution in [0.5, 0.6) is 0 Å². The van der Waals surface area contributed by atoms with Gasteiger partial charge in [0.25, 0.3) is 0 Å². The predicted molar refractivity (Wildman–Crippen MR) is 205 cm³/mol. The zero-order valence-corrected chi connectivity index (χ0v) is 27.2. The molecule has 1 aliphatic rings. The summed E-state index contributed by atoms with van der Waals surface area (Å²) in [7, 11) is 0. The standard InChI is InChI=1S/C47H35N/c1-47(2)45-18-9-8-17-43(45)44-26-25-42(31-46(44)47)48(40-16-10-15-35(29-40)32-11-4-3-5-12-32)41-24-23-38-28-37(21-22-39(38)30-41)36-20-19-33-13-6-7-14-34(33)27-36/h3-31H,1-2H3. The van der Waals surface area contributed by atoms with E-state index in [9.17, 15) is 0 Å². The Balaban J connectivity index is 1.18. The molecule has 0 heterocycles. The van der Waals surface area contributed by atoms with Crippen LogP contribution in [0.15, 0.2) is 176 Å². The van der Waals surface area contributed by atoms with E-state index in [1.54, 1.807) is 0 Å². The van der Waals surface area contributed by atoms with E-state index in [0.29, 0.717) is 0 Å². The minimum Gasteiger partial charge on any atom is -0.310 e. The van der Waals surface area contributed by atoms with Gasteiger partial charge < -0.3 is 4.90 Å². The van der Waals surface area contributed by atoms with E-state index >= 15 is 0 Å². The first-order valence-corrected chi connectivity index (χ1v) is 16.8. The zero-order valence-electron chi connectivity index (χ0n) is 27.2. The van der Waals surface area contributed by atoms with Crippen LogP contribution >= 0.6 is 0 Å². The Morgan fingerprint density at radius 1 is 0.333 bits per heavy atom. The summed E-state index contributed by atoms with van der Waals surface area (Å²) in [5, 5.41) is 4.98. The molecule has 1 heteroatoms. The molecule has 0 aromatic heterocycles. The highest BCUT2D eigenvalue weighted by atomic mass is 15.1. The molecule has 0 aliphatic heterocycles. The summed E-state index contributed by atoms with van der Waals surface area (Å²) in [5.41, 5.74) is 13.7. The molecule has 0 saturated carbocycles. The smallest absolute Gasteiger partial charge is 0.0468 e. The number of benzene rings is 8. The maximum atomic E-state index is 2.42. The number of hydrogen-bond acceptors (Lipinski definition) is 1. The van der Waals surface area contributed by atoms with Crippen LogP contribution in [-0.4, -0.2) is 0 Å². The summed E-state index contributed by atoms with van der Waals surface area (Å²) < 4.78 is 0. The average molecular weight is 614 g/mol. The van der Waals surface area contributed by atoms with Gasteiger partial charge in [0.1, 0.15) is 0 Å². The Morgan fingerprint density at radius 2 is 0.875 bits per heavy atom. The highest BCUT2D eigenvalue weighted by molar-refractivity contribution is 5.95. The molecule has 0 N–H and O–H groups in total. The Labute approximate surface area is 282 Å². The quantitative estimate of drug-likeness (QED) is 0.187. The van der Waals surface area contributed by atoms with Crippen molar-refractivity contribution in [3.05, 3.63) is 187 Å². The largest absolute Gasteiger partial charge is 0.310 e. The second-order valence-electron chi connectivity index (χ2n) is 13.5. The number of nitrogens with zero attached hydrogens (tertiary/aromatic N) is 1. The molecule has 0 unspecified atom stereocenters. The van der Waals surface area contributed by atoms with E-state index < -0.39 is 0 Å². The second-order valence-corrected chi connectivity index (χ2v) is 13.5. The molecule has 8 aromatic rings. The van der Waals surface area contributed by atoms with Crippen LogP contribution in [0, 0.1) is 0 Å². The lowest BCUT2D eigenvalue weighted by Gasteiger charge is -2.28. The number of anilines is 3. The van der Waals surface area contributed by atoms with Crippen LogP contribution in [0.4, 0.5) is 17.1 Å². The molecule has 228 valence electrons. The first-order valence-electron chi connectivity index (χ1n) is 16.8. The molecule has 0 fully saturated rings. The third kappa shape index (κ3) is 4.70. The molecule has 0 saturated heterocycles. The van der Waals surface area contributed by atoms with Crippen molar-refractivity contribution in [2.24, 2.45) is 0 Å². The van der Waals surface area contributed by atoms with Crippen LogP contribution in [0.1, 0.15) is 25.0 Å². The van der Waals surface area contributed by atoms with Crippen molar-refractivity contribution in [1.82, 2.24) is 0 Å². The summed E-state index contributed by atoms with van der Waals surface area (Å²) in [5.74, 6) is 0. The van der Waals surface area contributed by atoms with Crippen molar-refractivity contribution >= 4 is 38.6 Å². The van der Waals surface area contributed by atoms with Gasteiger partial charge in [0.2, 0.25) is 0 Å². The monoisotopic (exact) mass is 613 g/mol. The van der Waals surface area contributed by atoms with Crippen molar-refractivity contribution in [2.75, 3.05) is 4.90 Å². The minimum absolute atomic E-state index is 0.0813. The minimum atomic E-state index is -0.0813. The molecule has 0 amide bonds. The van der Waals surface area contributed by atoms with E-state index in [2.05, 4.69) is 195 Å². The van der Waals surface area contributed by atoms with E-state index in [1.165, 1.54) is 66.1 Å². The van der Waals surface area contributed by atoms with Gasteiger partial charge in [-0.25, -0.2) is 0 Å². The molecule has 1 nitrogen and oxygen atoms in total. The Morgan fingerprint density at radius 3 is 1.71 bits per heavy atom. The molecule has 0 radical (unpaired) electrons. The lowest BCUT2D eigenvalue weighted by molar-refractivity contribution is 0.660. The van der Waals surface area contributed by atoms with E-state index in [-0.39, 0.29) is 5.41 Å². The highest BCUT2D eigenvalue weighted by Gasteiger charge is 2.35. The highest BCUT2D eigenvalue weighted by Crippen LogP contribution is 2.50. The van der Waals surface area contributed by atoms with Gasteiger partial charge >= 0.3 is 0 Å². The van der Waals surface area contributed by atoms with Crippen molar-refractivity contribution < 1.29 is 0 Å². The van der Waals surface area contributed by atoms with Crippen LogP contribution in [0.3, 0.4) is 0 Å². The van der Waals surface area contributed by atoms with Gasteiger partial charge in [0.05, 0.1) is 0 Å². The molecule has 48 heavy (non-hydrogen) atoms. The average Bonchev–Trinajstić information content (AvgIpc) is 3.37. The van der Waals surface area contributed by atoms with Gasteiger partial charge in [-0.05, 0) is 115 Å². The third-order valence-corrected chi connectivity index (χ3v) is 10.2. The summed E-state index contributed by atoms with van der Waals surface area (Å²) in [6.07, 6.45) is 0. The number of fused-ring (bicyclic) bond motifs is 5. The van der Waals surface area contributed by atoms with Crippen LogP contribution in [0.2, 0.25) is 0 Å². The zero-order chi connectivity index (χ0) is 32.2. The lowest BCUT2D eigenvalue weighted by atomic mass is 9.82. The number of rotatable bonds is 5. The maximum absolute atomic E-state index is 2.42. The molecule has 0 bridgehead atoms. The molecule has 0 atom stereocenters. The topological polar surface area (TPSA) is 3.24 Å². The van der Waals surface area contributed by atoms with Gasteiger partial charge in [-0.1, -0.05) is 141 Å². The van der Waals surface area contributed by atoms with Crippen molar-refractivity contribution in [1.29, 1.82) is 0 Å². The van der Waals surface area contributed by atoms with Gasteiger partial charge in [-0.3, -0.25) is 0 Å². The first kappa shape index (κ1) is 28.3. The summed E-state index contributed by atoms with van der Waals surface area (Å²) >= 11 is 0. The lowest BCUT2D eigenvalue weighted by Crippen LogP contribution is -2.16. The Kier molecular flexibility index (Phi) is 6.55. The molecule has 1 aliphatic carbocycles. The molecule has 0 spiro atoms. The fraction of sp³-hybridized carbons (Fsp3) is 0.0638. The normalized spacial score (nSPS) is 13.0. The van der Waals surface area contributed by atoms with Gasteiger partial charge in [0, 0.05) is 22.5 Å². The van der Waals surface area contributed by atoms with E-state index in [0.717, 1.165) is 17.1 Å². The SMILES string of the molecule is CC1(C)c2ccccc2-c2ccc(N(c3cccc(-c4ccccc4)c3)c3ccc4cc(-c5ccc6ccccc6c5)ccc4c3)cc21. The first-order chi connectivity index (χ1) is 23.5. The number of hydrogen-bond donors (Lipinski definition) is 0. The van der Waals surface area contributed by atoms with Crippen molar-refractivity contribution in [2.45, 2.75) is 19.3 Å². The predicted octanol–water partition coefficient (Wildman–Crippen LogP) is 13.1. The maximum Gasteiger partial charge on any atom is 0.0468 e. The van der Waals surface area contributed by atoms with Crippen LogP contribution in [-0.2, 0) is 5.41 Å². The summed E-state index contributed by atoms with van der Waals surface area (Å²) in [6.45, 7) is 4.70. The molecular formula is C47H35N. The molecule has 8 aromatic carbocycles. The van der Waals surface area contributed by atoms with Crippen LogP contribution in [0.25, 0.3) is 54.9 Å². The van der Waals surface area contributed by atoms with Gasteiger partial charge in [-0.15, -0.1) is 0 Å². The second kappa shape index (κ2) is 11.1.